The first-order chi connectivity index (χ1) is 5.99. The van der Waals surface area contributed by atoms with E-state index >= 15 is 0 Å². The summed E-state index contributed by atoms with van der Waals surface area (Å²) in [6, 6.07) is 0. The van der Waals surface area contributed by atoms with E-state index in [1.165, 1.54) is 6.66 Å². The fourth-order valence-electron chi connectivity index (χ4n) is 2.35. The third-order valence-corrected chi connectivity index (χ3v) is 4.22. The van der Waals surface area contributed by atoms with Crippen molar-refractivity contribution in [2.45, 2.75) is 38.1 Å². The molecule has 0 spiro atoms. The van der Waals surface area contributed by atoms with Gasteiger partial charge in [-0.05, 0) is 19.8 Å². The van der Waals surface area contributed by atoms with Crippen molar-refractivity contribution in [1.29, 1.82) is 0 Å². The van der Waals surface area contributed by atoms with Crippen molar-refractivity contribution < 1.29 is 18.7 Å². The molecule has 5 unspecified atom stereocenters. The van der Waals surface area contributed by atoms with Crippen LogP contribution < -0.4 is 0 Å². The molecule has 1 heterocycles. The quantitative estimate of drug-likeness (QED) is 0.608. The molecule has 2 rings (SSSR count). The Bertz CT molecular complexity index is 255. The molecule has 1 aliphatic carbocycles. The summed E-state index contributed by atoms with van der Waals surface area (Å²) in [5.74, 6) is 0.00187. The maximum atomic E-state index is 11.6. The Morgan fingerprint density at radius 3 is 2.77 bits per heavy atom. The van der Waals surface area contributed by atoms with Crippen LogP contribution in [0.1, 0.15) is 19.8 Å². The first-order valence-electron chi connectivity index (χ1n) is 4.62. The smallest absolute Gasteiger partial charge is 0.328 e. The zero-order valence-electron chi connectivity index (χ0n) is 7.84. The first kappa shape index (κ1) is 9.66. The van der Waals surface area contributed by atoms with Crippen LogP contribution in [0.3, 0.4) is 0 Å². The van der Waals surface area contributed by atoms with E-state index in [2.05, 4.69) is 0 Å². The van der Waals surface area contributed by atoms with Crippen LogP contribution in [0.2, 0.25) is 0 Å². The van der Waals surface area contributed by atoms with Gasteiger partial charge in [0.2, 0.25) is 0 Å². The lowest BCUT2D eigenvalue weighted by Crippen LogP contribution is -2.38. The molecule has 2 fully saturated rings. The van der Waals surface area contributed by atoms with Crippen LogP contribution >= 0.6 is 7.60 Å². The monoisotopic (exact) mass is 206 g/mol. The molecule has 76 valence electrons. The predicted octanol–water partition coefficient (Wildman–Crippen LogP) is 1.38. The third kappa shape index (κ3) is 1.68. The van der Waals surface area contributed by atoms with Gasteiger partial charge in [-0.2, -0.15) is 0 Å². The van der Waals surface area contributed by atoms with Crippen molar-refractivity contribution in [3.8, 4) is 0 Å². The summed E-state index contributed by atoms with van der Waals surface area (Å²) in [4.78, 5) is 0. The van der Waals surface area contributed by atoms with E-state index in [1.54, 1.807) is 0 Å². The second-order valence-corrected chi connectivity index (χ2v) is 5.91. The molecule has 1 N–H and O–H groups in total. The molecule has 1 saturated carbocycles. The van der Waals surface area contributed by atoms with E-state index in [1.807, 2.05) is 6.92 Å². The zero-order valence-corrected chi connectivity index (χ0v) is 8.74. The summed E-state index contributed by atoms with van der Waals surface area (Å²) in [6.07, 6.45) is 0.919. The Morgan fingerprint density at radius 2 is 2.08 bits per heavy atom. The second-order valence-electron chi connectivity index (χ2n) is 3.95. The minimum atomic E-state index is -2.85. The summed E-state index contributed by atoms with van der Waals surface area (Å²) in [6.45, 7) is 3.34. The molecule has 0 aromatic rings. The minimum absolute atomic E-state index is 0.00187. The van der Waals surface area contributed by atoms with E-state index in [0.717, 1.165) is 12.8 Å². The van der Waals surface area contributed by atoms with Crippen molar-refractivity contribution in [2.75, 3.05) is 6.66 Å². The van der Waals surface area contributed by atoms with Gasteiger partial charge < -0.3 is 14.2 Å². The molecule has 0 bridgehead atoms. The molecule has 5 heteroatoms. The average Bonchev–Trinajstić information content (AvgIpc) is 2.28. The van der Waals surface area contributed by atoms with Gasteiger partial charge in [-0.15, -0.1) is 0 Å². The number of aliphatic hydroxyl groups excluding tert-OH is 1. The van der Waals surface area contributed by atoms with Crippen LogP contribution in [-0.4, -0.2) is 30.1 Å². The topological polar surface area (TPSA) is 55.8 Å². The summed E-state index contributed by atoms with van der Waals surface area (Å²) < 4.78 is 22.1. The lowest BCUT2D eigenvalue weighted by Gasteiger charge is -2.36. The standard InChI is InChI=1S/C8H15O4P/c1-5-8-6(9)3-4-7(8)12-13(2,10)11-5/h5-9H,3-4H2,1-2H3. The van der Waals surface area contributed by atoms with Crippen molar-refractivity contribution in [3.63, 3.8) is 0 Å². The highest BCUT2D eigenvalue weighted by Gasteiger charge is 2.47. The van der Waals surface area contributed by atoms with Gasteiger partial charge >= 0.3 is 7.60 Å². The van der Waals surface area contributed by atoms with Crippen LogP contribution in [0.25, 0.3) is 0 Å². The molecule has 2 aliphatic rings. The highest BCUT2D eigenvalue weighted by Crippen LogP contribution is 2.55. The summed E-state index contributed by atoms with van der Waals surface area (Å²) in [5.41, 5.74) is 0. The Kier molecular flexibility index (Phi) is 2.27. The van der Waals surface area contributed by atoms with Crippen LogP contribution in [-0.2, 0) is 13.6 Å². The summed E-state index contributed by atoms with van der Waals surface area (Å²) in [7, 11) is -2.85. The van der Waals surface area contributed by atoms with E-state index in [0.29, 0.717) is 0 Å². The highest BCUT2D eigenvalue weighted by atomic mass is 31.2. The van der Waals surface area contributed by atoms with E-state index in [-0.39, 0.29) is 24.2 Å². The molecule has 13 heavy (non-hydrogen) atoms. The Labute approximate surface area is 77.8 Å². The molecule has 0 aromatic heterocycles. The Morgan fingerprint density at radius 1 is 1.38 bits per heavy atom. The first-order valence-corrected chi connectivity index (χ1v) is 6.61. The molecule has 0 aromatic carbocycles. The highest BCUT2D eigenvalue weighted by molar-refractivity contribution is 7.53. The lowest BCUT2D eigenvalue weighted by molar-refractivity contribution is -0.0386. The molecule has 1 saturated heterocycles. The SMILES string of the molecule is CC1OP(C)(=O)OC2CCC(O)C12. The van der Waals surface area contributed by atoms with Gasteiger partial charge in [-0.1, -0.05) is 0 Å². The van der Waals surface area contributed by atoms with Crippen molar-refractivity contribution in [1.82, 2.24) is 0 Å². The molecular formula is C8H15O4P. The number of fused-ring (bicyclic) bond motifs is 1. The van der Waals surface area contributed by atoms with Gasteiger partial charge in [0.1, 0.15) is 0 Å². The number of hydrogen-bond acceptors (Lipinski definition) is 4. The largest absolute Gasteiger partial charge is 0.393 e. The number of rotatable bonds is 0. The van der Waals surface area contributed by atoms with E-state index in [9.17, 15) is 9.67 Å². The fourth-order valence-corrected chi connectivity index (χ4v) is 3.88. The Balaban J connectivity index is 2.18. The van der Waals surface area contributed by atoms with Crippen molar-refractivity contribution >= 4 is 7.60 Å². The molecule has 4 nitrogen and oxygen atoms in total. The van der Waals surface area contributed by atoms with Crippen LogP contribution in [0.4, 0.5) is 0 Å². The minimum Gasteiger partial charge on any atom is -0.393 e. The third-order valence-electron chi connectivity index (χ3n) is 2.85. The van der Waals surface area contributed by atoms with Crippen molar-refractivity contribution in [3.05, 3.63) is 0 Å². The number of aliphatic hydroxyl groups is 1. The molecule has 0 amide bonds. The maximum Gasteiger partial charge on any atom is 0.328 e. The molecule has 5 atom stereocenters. The normalized spacial score (nSPS) is 56.2. The molecular weight excluding hydrogens is 191 g/mol. The van der Waals surface area contributed by atoms with Crippen LogP contribution in [0.15, 0.2) is 0 Å². The molecule has 0 radical (unpaired) electrons. The number of hydrogen-bond donors (Lipinski definition) is 1. The van der Waals surface area contributed by atoms with Crippen molar-refractivity contribution in [2.24, 2.45) is 5.92 Å². The summed E-state index contributed by atoms with van der Waals surface area (Å²) in [5, 5.41) is 9.62. The van der Waals surface area contributed by atoms with Gasteiger partial charge in [-0.3, -0.25) is 4.57 Å². The summed E-state index contributed by atoms with van der Waals surface area (Å²) >= 11 is 0. The van der Waals surface area contributed by atoms with Crippen LogP contribution in [0.5, 0.6) is 0 Å². The zero-order chi connectivity index (χ0) is 9.64. The van der Waals surface area contributed by atoms with Crippen LogP contribution in [0, 0.1) is 5.92 Å². The van der Waals surface area contributed by atoms with Gasteiger partial charge in [-0.25, -0.2) is 0 Å². The maximum absolute atomic E-state index is 11.6. The van der Waals surface area contributed by atoms with E-state index < -0.39 is 7.60 Å². The lowest BCUT2D eigenvalue weighted by atomic mass is 9.98. The predicted molar refractivity (Wildman–Crippen MR) is 47.7 cm³/mol. The van der Waals surface area contributed by atoms with Gasteiger partial charge in [0.05, 0.1) is 18.3 Å². The molecule has 1 aliphatic heterocycles. The van der Waals surface area contributed by atoms with E-state index in [4.69, 9.17) is 9.05 Å². The Hall–Kier alpha value is 0.110. The fraction of sp³-hybridized carbons (Fsp3) is 1.00. The van der Waals surface area contributed by atoms with Gasteiger partial charge in [0, 0.05) is 12.6 Å². The van der Waals surface area contributed by atoms with Gasteiger partial charge in [0.25, 0.3) is 0 Å². The average molecular weight is 206 g/mol. The van der Waals surface area contributed by atoms with Gasteiger partial charge in [0.15, 0.2) is 0 Å². The second kappa shape index (κ2) is 3.06.